The van der Waals surface area contributed by atoms with Crippen molar-refractivity contribution < 1.29 is 9.18 Å². The lowest BCUT2D eigenvalue weighted by Gasteiger charge is -2.11. The highest BCUT2D eigenvalue weighted by molar-refractivity contribution is 6.06. The summed E-state index contributed by atoms with van der Waals surface area (Å²) in [4.78, 5) is 16.0. The Morgan fingerprint density at radius 2 is 2.17 bits per heavy atom. The first-order chi connectivity index (χ1) is 8.54. The standard InChI is InChI=1S/C13H14FN3O/c1-7(2)11-6-9(13(18)17-15)8-4-3-5-10(14)12(8)16-11/h3-7H,15H2,1-2H3,(H,17,18). The van der Waals surface area contributed by atoms with Crippen LogP contribution < -0.4 is 11.3 Å². The molecule has 0 aliphatic rings. The van der Waals surface area contributed by atoms with Crippen molar-refractivity contribution in [3.05, 3.63) is 41.3 Å². The Morgan fingerprint density at radius 1 is 1.44 bits per heavy atom. The van der Waals surface area contributed by atoms with Gasteiger partial charge in [-0.05, 0) is 18.1 Å². The first kappa shape index (κ1) is 12.4. The SMILES string of the molecule is CC(C)c1cc(C(=O)NN)c2cccc(F)c2n1. The summed E-state index contributed by atoms with van der Waals surface area (Å²) in [5.74, 6) is 4.35. The zero-order valence-electron chi connectivity index (χ0n) is 10.2. The van der Waals surface area contributed by atoms with Gasteiger partial charge in [0.25, 0.3) is 5.91 Å². The molecule has 94 valence electrons. The number of fused-ring (bicyclic) bond motifs is 1. The largest absolute Gasteiger partial charge is 0.290 e. The summed E-state index contributed by atoms with van der Waals surface area (Å²) in [5.41, 5.74) is 3.26. The van der Waals surface area contributed by atoms with E-state index in [1.54, 1.807) is 18.2 Å². The Labute approximate surface area is 104 Å². The highest BCUT2D eigenvalue weighted by Crippen LogP contribution is 2.24. The highest BCUT2D eigenvalue weighted by atomic mass is 19.1. The van der Waals surface area contributed by atoms with Crippen LogP contribution in [-0.2, 0) is 0 Å². The number of carbonyl (C=O) groups is 1. The molecule has 0 radical (unpaired) electrons. The molecule has 1 amide bonds. The quantitative estimate of drug-likeness (QED) is 0.485. The predicted molar refractivity (Wildman–Crippen MR) is 67.4 cm³/mol. The molecule has 1 aromatic carbocycles. The van der Waals surface area contributed by atoms with Crippen LogP contribution in [0.25, 0.3) is 10.9 Å². The molecule has 0 unspecified atom stereocenters. The second kappa shape index (κ2) is 4.70. The molecule has 1 heterocycles. The average molecular weight is 247 g/mol. The van der Waals surface area contributed by atoms with E-state index in [9.17, 15) is 9.18 Å². The minimum absolute atomic E-state index is 0.0957. The number of benzene rings is 1. The van der Waals surface area contributed by atoms with Gasteiger partial charge in [-0.2, -0.15) is 0 Å². The average Bonchev–Trinajstić information content (AvgIpc) is 2.37. The number of carbonyl (C=O) groups excluding carboxylic acids is 1. The zero-order chi connectivity index (χ0) is 13.3. The fraction of sp³-hybridized carbons (Fsp3) is 0.231. The van der Waals surface area contributed by atoms with E-state index in [4.69, 9.17) is 5.84 Å². The molecule has 1 aromatic heterocycles. The number of nitrogens with two attached hydrogens (primary N) is 1. The van der Waals surface area contributed by atoms with Gasteiger partial charge in [0.2, 0.25) is 0 Å². The summed E-state index contributed by atoms with van der Waals surface area (Å²) in [7, 11) is 0. The summed E-state index contributed by atoms with van der Waals surface area (Å²) in [6.45, 7) is 3.86. The van der Waals surface area contributed by atoms with Crippen molar-refractivity contribution in [1.29, 1.82) is 0 Å². The Kier molecular flexibility index (Phi) is 3.25. The van der Waals surface area contributed by atoms with E-state index in [0.29, 0.717) is 16.6 Å². The molecule has 5 heteroatoms. The molecular weight excluding hydrogens is 233 g/mol. The molecule has 18 heavy (non-hydrogen) atoms. The van der Waals surface area contributed by atoms with Crippen LogP contribution in [0.4, 0.5) is 4.39 Å². The van der Waals surface area contributed by atoms with E-state index in [2.05, 4.69) is 10.4 Å². The van der Waals surface area contributed by atoms with Crippen molar-refractivity contribution >= 4 is 16.8 Å². The van der Waals surface area contributed by atoms with Gasteiger partial charge in [0.15, 0.2) is 0 Å². The van der Waals surface area contributed by atoms with Crippen molar-refractivity contribution in [2.24, 2.45) is 5.84 Å². The lowest BCUT2D eigenvalue weighted by molar-refractivity contribution is 0.0955. The molecule has 0 aliphatic heterocycles. The number of halogens is 1. The highest BCUT2D eigenvalue weighted by Gasteiger charge is 2.15. The monoisotopic (exact) mass is 247 g/mol. The number of amides is 1. The van der Waals surface area contributed by atoms with Crippen LogP contribution in [0.15, 0.2) is 24.3 Å². The van der Waals surface area contributed by atoms with Crippen LogP contribution in [0.2, 0.25) is 0 Å². The van der Waals surface area contributed by atoms with Crippen LogP contribution in [0.3, 0.4) is 0 Å². The van der Waals surface area contributed by atoms with Gasteiger partial charge >= 0.3 is 0 Å². The Morgan fingerprint density at radius 3 is 2.78 bits per heavy atom. The molecule has 0 fully saturated rings. The maximum Gasteiger partial charge on any atom is 0.265 e. The number of hydrazine groups is 1. The minimum atomic E-state index is -0.449. The number of nitrogens with one attached hydrogen (secondary N) is 1. The third kappa shape index (κ3) is 2.04. The van der Waals surface area contributed by atoms with Gasteiger partial charge in [-0.25, -0.2) is 15.2 Å². The number of rotatable bonds is 2. The molecule has 0 aliphatic carbocycles. The topological polar surface area (TPSA) is 68.0 Å². The Balaban J connectivity index is 2.81. The van der Waals surface area contributed by atoms with E-state index in [1.807, 2.05) is 13.8 Å². The van der Waals surface area contributed by atoms with Gasteiger partial charge in [-0.3, -0.25) is 10.2 Å². The second-order valence-corrected chi connectivity index (χ2v) is 4.36. The van der Waals surface area contributed by atoms with Crippen molar-refractivity contribution in [3.63, 3.8) is 0 Å². The van der Waals surface area contributed by atoms with Crippen molar-refractivity contribution in [3.8, 4) is 0 Å². The fourth-order valence-electron chi connectivity index (χ4n) is 1.79. The third-order valence-electron chi connectivity index (χ3n) is 2.78. The van der Waals surface area contributed by atoms with E-state index in [1.165, 1.54) is 6.07 Å². The van der Waals surface area contributed by atoms with Crippen LogP contribution in [0.5, 0.6) is 0 Å². The summed E-state index contributed by atoms with van der Waals surface area (Å²) in [5, 5.41) is 0.461. The van der Waals surface area contributed by atoms with Crippen molar-refractivity contribution in [1.82, 2.24) is 10.4 Å². The summed E-state index contributed by atoms with van der Waals surface area (Å²) in [6.07, 6.45) is 0. The maximum absolute atomic E-state index is 13.8. The first-order valence-corrected chi connectivity index (χ1v) is 5.64. The molecule has 3 N–H and O–H groups in total. The van der Waals surface area contributed by atoms with Gasteiger partial charge in [0, 0.05) is 11.1 Å². The molecular formula is C13H14FN3O. The van der Waals surface area contributed by atoms with Gasteiger partial charge in [0.05, 0.1) is 5.56 Å². The van der Waals surface area contributed by atoms with E-state index in [-0.39, 0.29) is 11.4 Å². The van der Waals surface area contributed by atoms with Crippen molar-refractivity contribution in [2.75, 3.05) is 0 Å². The van der Waals surface area contributed by atoms with Crippen LogP contribution in [0.1, 0.15) is 35.8 Å². The maximum atomic E-state index is 13.8. The van der Waals surface area contributed by atoms with Crippen LogP contribution in [-0.4, -0.2) is 10.9 Å². The van der Waals surface area contributed by atoms with Gasteiger partial charge < -0.3 is 0 Å². The predicted octanol–water partition coefficient (Wildman–Crippen LogP) is 2.10. The van der Waals surface area contributed by atoms with E-state index in [0.717, 1.165) is 0 Å². The number of hydrogen-bond donors (Lipinski definition) is 2. The molecule has 0 saturated heterocycles. The zero-order valence-corrected chi connectivity index (χ0v) is 10.2. The van der Waals surface area contributed by atoms with E-state index >= 15 is 0 Å². The summed E-state index contributed by atoms with van der Waals surface area (Å²) in [6, 6.07) is 6.17. The summed E-state index contributed by atoms with van der Waals surface area (Å²) >= 11 is 0. The van der Waals surface area contributed by atoms with Crippen LogP contribution in [0, 0.1) is 5.82 Å². The molecule has 0 spiro atoms. The lowest BCUT2D eigenvalue weighted by atomic mass is 10.0. The third-order valence-corrected chi connectivity index (χ3v) is 2.78. The number of pyridine rings is 1. The number of nitrogen functional groups attached to an aromatic ring is 1. The second-order valence-electron chi connectivity index (χ2n) is 4.36. The van der Waals surface area contributed by atoms with Crippen LogP contribution >= 0.6 is 0 Å². The van der Waals surface area contributed by atoms with Gasteiger partial charge in [0.1, 0.15) is 11.3 Å². The minimum Gasteiger partial charge on any atom is -0.290 e. The molecule has 0 atom stereocenters. The fourth-order valence-corrected chi connectivity index (χ4v) is 1.79. The molecule has 2 rings (SSSR count). The smallest absolute Gasteiger partial charge is 0.265 e. The Bertz CT molecular complexity index is 610. The van der Waals surface area contributed by atoms with Gasteiger partial charge in [-0.15, -0.1) is 0 Å². The molecule has 2 aromatic rings. The van der Waals surface area contributed by atoms with Crippen molar-refractivity contribution in [2.45, 2.75) is 19.8 Å². The normalized spacial score (nSPS) is 10.9. The lowest BCUT2D eigenvalue weighted by Crippen LogP contribution is -2.30. The first-order valence-electron chi connectivity index (χ1n) is 5.64. The number of nitrogens with zero attached hydrogens (tertiary/aromatic N) is 1. The Hall–Kier alpha value is -2.01. The summed E-state index contributed by atoms with van der Waals surface area (Å²) < 4.78 is 13.8. The van der Waals surface area contributed by atoms with E-state index < -0.39 is 11.7 Å². The molecule has 0 bridgehead atoms. The number of para-hydroxylation sites is 1. The molecule has 4 nitrogen and oxygen atoms in total. The number of hydrogen-bond acceptors (Lipinski definition) is 3. The number of aromatic nitrogens is 1. The van der Waals surface area contributed by atoms with Gasteiger partial charge in [-0.1, -0.05) is 26.0 Å². The molecule has 0 saturated carbocycles.